The molecule has 0 saturated carbocycles. The van der Waals surface area contributed by atoms with Gasteiger partial charge in [0.2, 0.25) is 0 Å². The highest BCUT2D eigenvalue weighted by Crippen LogP contribution is 2.33. The van der Waals surface area contributed by atoms with Gasteiger partial charge in [0.1, 0.15) is 0 Å². The quantitative estimate of drug-likeness (QED) is 0.841. The summed E-state index contributed by atoms with van der Waals surface area (Å²) in [5.41, 5.74) is 4.01. The van der Waals surface area contributed by atoms with Gasteiger partial charge in [0.15, 0.2) is 0 Å². The topological polar surface area (TPSA) is 21.3 Å². The minimum absolute atomic E-state index is 0.302. The Bertz CT molecular complexity index is 461. The predicted molar refractivity (Wildman–Crippen MR) is 88.2 cm³/mol. The number of hydrogen-bond donors (Lipinski definition) is 1. The summed E-state index contributed by atoms with van der Waals surface area (Å²) in [7, 11) is 0. The largest absolute Gasteiger partial charge is 0.373 e. The highest BCUT2D eigenvalue weighted by Gasteiger charge is 2.31. The van der Waals surface area contributed by atoms with Crippen molar-refractivity contribution in [3.63, 3.8) is 0 Å². The van der Waals surface area contributed by atoms with E-state index in [0.29, 0.717) is 18.2 Å². The molecule has 0 amide bonds. The second kappa shape index (κ2) is 7.06. The zero-order chi connectivity index (χ0) is 14.7. The van der Waals surface area contributed by atoms with Crippen LogP contribution in [0.4, 0.5) is 0 Å². The number of hydrogen-bond acceptors (Lipinski definition) is 2. The summed E-state index contributed by atoms with van der Waals surface area (Å²) in [4.78, 5) is 0. The third kappa shape index (κ3) is 3.63. The van der Waals surface area contributed by atoms with Crippen LogP contribution >= 0.6 is 15.9 Å². The molecule has 1 aliphatic rings. The van der Waals surface area contributed by atoms with Crippen LogP contribution in [0.25, 0.3) is 0 Å². The van der Waals surface area contributed by atoms with E-state index in [-0.39, 0.29) is 0 Å². The van der Waals surface area contributed by atoms with Crippen molar-refractivity contribution < 1.29 is 4.74 Å². The van der Waals surface area contributed by atoms with Gasteiger partial charge >= 0.3 is 0 Å². The first-order valence-corrected chi connectivity index (χ1v) is 8.47. The van der Waals surface area contributed by atoms with Crippen LogP contribution in [0.5, 0.6) is 0 Å². The Balaban J connectivity index is 2.28. The number of halogens is 1. The molecular weight excluding hydrogens is 314 g/mol. The van der Waals surface area contributed by atoms with Gasteiger partial charge in [-0.05, 0) is 69.3 Å². The summed E-state index contributed by atoms with van der Waals surface area (Å²) >= 11 is 3.62. The van der Waals surface area contributed by atoms with Gasteiger partial charge < -0.3 is 10.1 Å². The Labute approximate surface area is 131 Å². The molecular formula is C17H26BrNO. The Morgan fingerprint density at radius 1 is 1.30 bits per heavy atom. The molecule has 3 heteroatoms. The lowest BCUT2D eigenvalue weighted by Gasteiger charge is -2.27. The van der Waals surface area contributed by atoms with Crippen LogP contribution in [-0.4, -0.2) is 18.8 Å². The monoisotopic (exact) mass is 339 g/mol. The Morgan fingerprint density at radius 3 is 2.65 bits per heavy atom. The SMILES string of the molecule is CCCNC(c1cc(C)c(Br)cc1C)C1CCC(C)O1. The fourth-order valence-corrected chi connectivity index (χ4v) is 3.42. The van der Waals surface area contributed by atoms with E-state index in [9.17, 15) is 0 Å². The molecule has 2 rings (SSSR count). The molecule has 20 heavy (non-hydrogen) atoms. The van der Waals surface area contributed by atoms with E-state index in [4.69, 9.17) is 4.74 Å². The third-order valence-corrected chi connectivity index (χ3v) is 4.99. The predicted octanol–water partition coefficient (Wildman–Crippen LogP) is 4.67. The van der Waals surface area contributed by atoms with Gasteiger partial charge in [-0.25, -0.2) is 0 Å². The van der Waals surface area contributed by atoms with Gasteiger partial charge in [0, 0.05) is 4.47 Å². The summed E-state index contributed by atoms with van der Waals surface area (Å²) in [6, 6.07) is 4.84. The highest BCUT2D eigenvalue weighted by molar-refractivity contribution is 9.10. The maximum absolute atomic E-state index is 6.13. The third-order valence-electron chi connectivity index (χ3n) is 4.13. The van der Waals surface area contributed by atoms with E-state index in [2.05, 4.69) is 61.1 Å². The van der Waals surface area contributed by atoms with Crippen molar-refractivity contribution in [2.75, 3.05) is 6.54 Å². The van der Waals surface area contributed by atoms with E-state index < -0.39 is 0 Å². The zero-order valence-electron chi connectivity index (χ0n) is 13.0. The van der Waals surface area contributed by atoms with Gasteiger partial charge in [0.05, 0.1) is 18.2 Å². The smallest absolute Gasteiger partial charge is 0.0774 e. The first-order valence-electron chi connectivity index (χ1n) is 7.68. The average molecular weight is 340 g/mol. The summed E-state index contributed by atoms with van der Waals surface area (Å²) < 4.78 is 7.31. The molecule has 1 aliphatic heterocycles. The van der Waals surface area contributed by atoms with Crippen LogP contribution < -0.4 is 5.32 Å². The molecule has 3 unspecified atom stereocenters. The van der Waals surface area contributed by atoms with Crippen molar-refractivity contribution in [1.82, 2.24) is 5.32 Å². The van der Waals surface area contributed by atoms with Gasteiger partial charge in [-0.15, -0.1) is 0 Å². The van der Waals surface area contributed by atoms with Crippen molar-refractivity contribution in [1.29, 1.82) is 0 Å². The second-order valence-corrected chi connectivity index (χ2v) is 6.81. The van der Waals surface area contributed by atoms with Gasteiger partial charge in [-0.2, -0.15) is 0 Å². The van der Waals surface area contributed by atoms with E-state index in [1.54, 1.807) is 0 Å². The molecule has 1 fully saturated rings. The van der Waals surface area contributed by atoms with Gasteiger partial charge in [-0.1, -0.05) is 28.9 Å². The van der Waals surface area contributed by atoms with Crippen molar-refractivity contribution in [3.8, 4) is 0 Å². The van der Waals surface area contributed by atoms with Crippen LogP contribution in [0, 0.1) is 13.8 Å². The zero-order valence-corrected chi connectivity index (χ0v) is 14.6. The molecule has 0 aromatic heterocycles. The summed E-state index contributed by atoms with van der Waals surface area (Å²) in [6.45, 7) is 9.77. The number of benzene rings is 1. The summed E-state index contributed by atoms with van der Waals surface area (Å²) in [5, 5.41) is 3.70. The lowest BCUT2D eigenvalue weighted by molar-refractivity contribution is 0.0315. The molecule has 0 radical (unpaired) electrons. The van der Waals surface area contributed by atoms with Crippen molar-refractivity contribution in [3.05, 3.63) is 33.3 Å². The normalized spacial score (nSPS) is 24.1. The Kier molecular flexibility index (Phi) is 5.65. The minimum Gasteiger partial charge on any atom is -0.373 e. The Morgan fingerprint density at radius 2 is 2.05 bits per heavy atom. The summed E-state index contributed by atoms with van der Waals surface area (Å²) in [5.74, 6) is 0. The molecule has 1 aromatic carbocycles. The van der Waals surface area contributed by atoms with E-state index in [1.807, 2.05) is 0 Å². The van der Waals surface area contributed by atoms with Gasteiger partial charge in [-0.3, -0.25) is 0 Å². The first kappa shape index (κ1) is 16.0. The van der Waals surface area contributed by atoms with Crippen LogP contribution in [-0.2, 0) is 4.74 Å². The molecule has 0 aliphatic carbocycles. The molecule has 3 atom stereocenters. The van der Waals surface area contributed by atoms with Crippen molar-refractivity contribution >= 4 is 15.9 Å². The van der Waals surface area contributed by atoms with E-state index >= 15 is 0 Å². The summed E-state index contributed by atoms with van der Waals surface area (Å²) in [6.07, 6.45) is 4.16. The molecule has 112 valence electrons. The Hall–Kier alpha value is -0.380. The molecule has 1 saturated heterocycles. The lowest BCUT2D eigenvalue weighted by Crippen LogP contribution is -2.33. The molecule has 1 aromatic rings. The highest BCUT2D eigenvalue weighted by atomic mass is 79.9. The van der Waals surface area contributed by atoms with Crippen LogP contribution in [0.1, 0.15) is 55.8 Å². The standard InChI is InChI=1S/C17H26BrNO/c1-5-8-19-17(16-7-6-13(4)20-16)14-9-12(3)15(18)10-11(14)2/h9-10,13,16-17,19H,5-8H2,1-4H3. The van der Waals surface area contributed by atoms with Crippen molar-refractivity contribution in [2.24, 2.45) is 0 Å². The molecule has 2 nitrogen and oxygen atoms in total. The van der Waals surface area contributed by atoms with Crippen LogP contribution in [0.2, 0.25) is 0 Å². The van der Waals surface area contributed by atoms with Crippen molar-refractivity contribution in [2.45, 2.75) is 65.2 Å². The number of aryl methyl sites for hydroxylation is 2. The second-order valence-electron chi connectivity index (χ2n) is 5.95. The first-order chi connectivity index (χ1) is 9.52. The molecule has 0 bridgehead atoms. The van der Waals surface area contributed by atoms with Crippen LogP contribution in [0.3, 0.4) is 0 Å². The average Bonchev–Trinajstić information content (AvgIpc) is 2.82. The van der Waals surface area contributed by atoms with E-state index in [0.717, 1.165) is 19.4 Å². The van der Waals surface area contributed by atoms with E-state index in [1.165, 1.54) is 27.6 Å². The molecule has 1 N–H and O–H groups in total. The maximum Gasteiger partial charge on any atom is 0.0774 e. The lowest BCUT2D eigenvalue weighted by atomic mass is 9.93. The maximum atomic E-state index is 6.13. The number of ether oxygens (including phenoxy) is 1. The molecule has 0 spiro atoms. The fraction of sp³-hybridized carbons (Fsp3) is 0.647. The van der Waals surface area contributed by atoms with Crippen LogP contribution in [0.15, 0.2) is 16.6 Å². The fourth-order valence-electron chi connectivity index (χ4n) is 2.96. The number of nitrogens with one attached hydrogen (secondary N) is 1. The molecule has 1 heterocycles. The van der Waals surface area contributed by atoms with Gasteiger partial charge in [0.25, 0.3) is 0 Å². The number of rotatable bonds is 5. The minimum atomic E-state index is 0.302.